The molecule has 0 fully saturated rings. The Hall–Kier alpha value is -3.60. The van der Waals surface area contributed by atoms with Crippen molar-refractivity contribution in [3.8, 4) is 5.75 Å². The van der Waals surface area contributed by atoms with Crippen LogP contribution >= 0.6 is 0 Å². The number of nitrogens with zero attached hydrogens (tertiary/aromatic N) is 1. The second kappa shape index (κ2) is 12.0. The molecule has 3 rings (SSSR count). The van der Waals surface area contributed by atoms with Gasteiger partial charge in [-0.3, -0.25) is 9.59 Å². The Morgan fingerprint density at radius 2 is 1.56 bits per heavy atom. The highest BCUT2D eigenvalue weighted by Gasteiger charge is 2.31. The first kappa shape index (κ1) is 25.0. The summed E-state index contributed by atoms with van der Waals surface area (Å²) in [5.74, 6) is 0.262. The van der Waals surface area contributed by atoms with Gasteiger partial charge in [0.1, 0.15) is 11.8 Å². The molecule has 0 spiro atoms. The lowest BCUT2D eigenvalue weighted by atomic mass is 10.0. The van der Waals surface area contributed by atoms with Gasteiger partial charge in [-0.25, -0.2) is 0 Å². The summed E-state index contributed by atoms with van der Waals surface area (Å²) in [5, 5.41) is 3.00. The molecule has 0 unspecified atom stereocenters. The Bertz CT molecular complexity index is 1100. The summed E-state index contributed by atoms with van der Waals surface area (Å²) >= 11 is 0. The Labute approximate surface area is 202 Å². The zero-order valence-electron chi connectivity index (χ0n) is 20.5. The lowest BCUT2D eigenvalue weighted by Gasteiger charge is -2.32. The fourth-order valence-electron chi connectivity index (χ4n) is 3.88. The first-order valence-electron chi connectivity index (χ1n) is 11.7. The zero-order valence-corrected chi connectivity index (χ0v) is 20.5. The molecule has 0 bridgehead atoms. The van der Waals surface area contributed by atoms with Gasteiger partial charge in [0.15, 0.2) is 6.61 Å². The van der Waals surface area contributed by atoms with Crippen LogP contribution in [0.2, 0.25) is 0 Å². The standard InChI is InChI=1S/C29H34N2O3/c1-21(2)30-29(33)26(18-24-13-6-5-7-14-24)31(19-25-15-10-11-22(3)17-25)28(32)20-34-27-16-9-8-12-23(27)4/h5-17,21,26H,18-20H2,1-4H3,(H,30,33)/t26-/m0/s1. The number of aryl methyl sites for hydroxylation is 2. The third kappa shape index (κ3) is 7.20. The van der Waals surface area contributed by atoms with E-state index < -0.39 is 6.04 Å². The predicted octanol–water partition coefficient (Wildman–Crippen LogP) is 4.85. The van der Waals surface area contributed by atoms with Gasteiger partial charge < -0.3 is 15.0 Å². The third-order valence-corrected chi connectivity index (χ3v) is 5.58. The minimum absolute atomic E-state index is 0.0371. The predicted molar refractivity (Wildman–Crippen MR) is 136 cm³/mol. The molecule has 5 nitrogen and oxygen atoms in total. The average Bonchev–Trinajstić information content (AvgIpc) is 2.81. The topological polar surface area (TPSA) is 58.6 Å². The fraction of sp³-hybridized carbons (Fsp3) is 0.310. The molecule has 2 amide bonds. The quantitative estimate of drug-likeness (QED) is 0.473. The van der Waals surface area contributed by atoms with Gasteiger partial charge in [-0.2, -0.15) is 0 Å². The number of para-hydroxylation sites is 1. The molecular formula is C29H34N2O3. The summed E-state index contributed by atoms with van der Waals surface area (Å²) in [6.07, 6.45) is 0.418. The molecule has 3 aromatic rings. The molecule has 0 radical (unpaired) electrons. The summed E-state index contributed by atoms with van der Waals surface area (Å²) in [5.41, 5.74) is 4.03. The molecule has 0 aliphatic heterocycles. The van der Waals surface area contributed by atoms with Gasteiger partial charge in [-0.1, -0.05) is 78.4 Å². The summed E-state index contributed by atoms with van der Waals surface area (Å²) in [6, 6.07) is 24.7. The third-order valence-electron chi connectivity index (χ3n) is 5.58. The van der Waals surface area contributed by atoms with Crippen molar-refractivity contribution in [3.05, 3.63) is 101 Å². The molecule has 1 atom stereocenters. The smallest absolute Gasteiger partial charge is 0.261 e. The van der Waals surface area contributed by atoms with Crippen LogP contribution < -0.4 is 10.1 Å². The van der Waals surface area contributed by atoms with Gasteiger partial charge in [0.05, 0.1) is 0 Å². The maximum Gasteiger partial charge on any atom is 0.261 e. The Morgan fingerprint density at radius 3 is 2.24 bits per heavy atom. The maximum atomic E-state index is 13.6. The lowest BCUT2D eigenvalue weighted by molar-refractivity contribution is -0.143. The lowest BCUT2D eigenvalue weighted by Crippen LogP contribution is -2.52. The van der Waals surface area contributed by atoms with E-state index in [-0.39, 0.29) is 24.5 Å². The van der Waals surface area contributed by atoms with E-state index in [4.69, 9.17) is 4.74 Å². The van der Waals surface area contributed by atoms with Crippen LogP contribution in [0.5, 0.6) is 5.75 Å². The van der Waals surface area contributed by atoms with Crippen LogP contribution in [0.25, 0.3) is 0 Å². The van der Waals surface area contributed by atoms with Gasteiger partial charge in [0.2, 0.25) is 5.91 Å². The Morgan fingerprint density at radius 1 is 0.882 bits per heavy atom. The molecular weight excluding hydrogens is 424 g/mol. The average molecular weight is 459 g/mol. The van der Waals surface area contributed by atoms with E-state index in [0.717, 1.165) is 22.3 Å². The molecule has 0 saturated heterocycles. The van der Waals surface area contributed by atoms with Gasteiger partial charge >= 0.3 is 0 Å². The first-order valence-corrected chi connectivity index (χ1v) is 11.7. The van der Waals surface area contributed by atoms with Crippen LogP contribution in [-0.4, -0.2) is 35.4 Å². The highest BCUT2D eigenvalue weighted by Crippen LogP contribution is 2.19. The summed E-state index contributed by atoms with van der Waals surface area (Å²) < 4.78 is 5.88. The number of carbonyl (C=O) groups excluding carboxylic acids is 2. The molecule has 34 heavy (non-hydrogen) atoms. The van der Waals surface area contributed by atoms with Crippen LogP contribution in [0.15, 0.2) is 78.9 Å². The molecule has 0 aliphatic carbocycles. The number of hydrogen-bond donors (Lipinski definition) is 1. The number of amides is 2. The van der Waals surface area contributed by atoms with Gasteiger partial charge in [0.25, 0.3) is 5.91 Å². The highest BCUT2D eigenvalue weighted by atomic mass is 16.5. The SMILES string of the molecule is Cc1cccc(CN(C(=O)COc2ccccc2C)[C@@H](Cc2ccccc2)C(=O)NC(C)C)c1. The molecule has 3 aromatic carbocycles. The fourth-order valence-corrected chi connectivity index (χ4v) is 3.88. The van der Waals surface area contributed by atoms with Crippen molar-refractivity contribution in [2.45, 2.75) is 52.7 Å². The largest absolute Gasteiger partial charge is 0.484 e. The van der Waals surface area contributed by atoms with Crippen LogP contribution in [0.1, 0.15) is 36.1 Å². The molecule has 1 N–H and O–H groups in total. The van der Waals surface area contributed by atoms with Gasteiger partial charge in [-0.05, 0) is 50.5 Å². The van der Waals surface area contributed by atoms with E-state index in [1.165, 1.54) is 0 Å². The molecule has 5 heteroatoms. The van der Waals surface area contributed by atoms with E-state index in [0.29, 0.717) is 18.7 Å². The van der Waals surface area contributed by atoms with Crippen LogP contribution in [0.4, 0.5) is 0 Å². The monoisotopic (exact) mass is 458 g/mol. The maximum absolute atomic E-state index is 13.6. The molecule has 0 saturated carbocycles. The number of hydrogen-bond acceptors (Lipinski definition) is 3. The van der Waals surface area contributed by atoms with Crippen molar-refractivity contribution < 1.29 is 14.3 Å². The summed E-state index contributed by atoms with van der Waals surface area (Å²) in [6.45, 7) is 7.98. The summed E-state index contributed by atoms with van der Waals surface area (Å²) in [7, 11) is 0. The second-order valence-electron chi connectivity index (χ2n) is 8.93. The van der Waals surface area contributed by atoms with E-state index in [1.807, 2.05) is 107 Å². The molecule has 0 aliphatic rings. The molecule has 0 heterocycles. The normalized spacial score (nSPS) is 11.7. The van der Waals surface area contributed by atoms with Gasteiger partial charge in [0, 0.05) is 19.0 Å². The number of carbonyl (C=O) groups is 2. The van der Waals surface area contributed by atoms with Crippen molar-refractivity contribution in [2.75, 3.05) is 6.61 Å². The van der Waals surface area contributed by atoms with Crippen molar-refractivity contribution in [3.63, 3.8) is 0 Å². The second-order valence-corrected chi connectivity index (χ2v) is 8.93. The first-order chi connectivity index (χ1) is 16.3. The van der Waals surface area contributed by atoms with Crippen LogP contribution in [-0.2, 0) is 22.6 Å². The zero-order chi connectivity index (χ0) is 24.5. The molecule has 0 aromatic heterocycles. The van der Waals surface area contributed by atoms with Crippen molar-refractivity contribution in [1.29, 1.82) is 0 Å². The number of nitrogens with one attached hydrogen (secondary N) is 1. The van der Waals surface area contributed by atoms with Crippen molar-refractivity contribution in [1.82, 2.24) is 10.2 Å². The van der Waals surface area contributed by atoms with Crippen molar-refractivity contribution in [2.24, 2.45) is 0 Å². The minimum atomic E-state index is -0.668. The Kier molecular flexibility index (Phi) is 8.86. The van der Waals surface area contributed by atoms with Crippen LogP contribution in [0, 0.1) is 13.8 Å². The van der Waals surface area contributed by atoms with E-state index in [9.17, 15) is 9.59 Å². The van der Waals surface area contributed by atoms with Gasteiger partial charge in [-0.15, -0.1) is 0 Å². The number of ether oxygens (including phenoxy) is 1. The van der Waals surface area contributed by atoms with Crippen molar-refractivity contribution >= 4 is 11.8 Å². The van der Waals surface area contributed by atoms with E-state index >= 15 is 0 Å². The van der Waals surface area contributed by atoms with Crippen LogP contribution in [0.3, 0.4) is 0 Å². The molecule has 178 valence electrons. The Balaban J connectivity index is 1.92. The summed E-state index contributed by atoms with van der Waals surface area (Å²) in [4.78, 5) is 28.6. The number of benzene rings is 3. The number of rotatable bonds is 10. The minimum Gasteiger partial charge on any atom is -0.484 e. The highest BCUT2D eigenvalue weighted by molar-refractivity contribution is 5.88. The van der Waals surface area contributed by atoms with E-state index in [2.05, 4.69) is 5.32 Å². The van der Waals surface area contributed by atoms with E-state index in [1.54, 1.807) is 4.90 Å².